The van der Waals surface area contributed by atoms with E-state index in [0.717, 1.165) is 11.4 Å². The molecule has 3 aromatic rings. The minimum atomic E-state index is -0.416. The van der Waals surface area contributed by atoms with Crippen LogP contribution in [0.2, 0.25) is 10.0 Å². The first-order valence-corrected chi connectivity index (χ1v) is 9.56. The van der Waals surface area contributed by atoms with Crippen LogP contribution in [0.4, 0.5) is 11.5 Å². The number of aryl methyl sites for hydroxylation is 2. The zero-order chi connectivity index (χ0) is 21.1. The molecule has 2 heterocycles. The molecule has 1 aromatic carbocycles. The van der Waals surface area contributed by atoms with Crippen molar-refractivity contribution in [3.8, 4) is 0 Å². The number of aromatic nitrogens is 3. The zero-order valence-corrected chi connectivity index (χ0v) is 17.7. The lowest BCUT2D eigenvalue weighted by Gasteiger charge is -2.15. The molecule has 0 bridgehead atoms. The Morgan fingerprint density at radius 1 is 1.24 bits per heavy atom. The molecular weight excluding hydrogens is 411 g/mol. The summed E-state index contributed by atoms with van der Waals surface area (Å²) in [6.45, 7) is 3.97. The largest absolute Gasteiger partial charge is 0.364 e. The molecule has 1 amide bonds. The molecule has 150 valence electrons. The second kappa shape index (κ2) is 8.63. The van der Waals surface area contributed by atoms with Gasteiger partial charge in [0.15, 0.2) is 0 Å². The first-order valence-electron chi connectivity index (χ1n) is 8.80. The quantitative estimate of drug-likeness (QED) is 0.494. The van der Waals surface area contributed by atoms with Gasteiger partial charge < -0.3 is 16.0 Å². The third-order valence-corrected chi connectivity index (χ3v) is 4.92. The van der Waals surface area contributed by atoms with Gasteiger partial charge in [-0.05, 0) is 44.2 Å². The average molecular weight is 431 g/mol. The molecule has 29 heavy (non-hydrogen) atoms. The van der Waals surface area contributed by atoms with Gasteiger partial charge in [0.1, 0.15) is 5.82 Å². The highest BCUT2D eigenvalue weighted by molar-refractivity contribution is 6.38. The molecule has 0 spiro atoms. The van der Waals surface area contributed by atoms with Crippen molar-refractivity contribution < 1.29 is 4.79 Å². The molecule has 3 rings (SSSR count). The monoisotopic (exact) mass is 430 g/mol. The molecular formula is C20H20Cl2N6O. The molecule has 0 radical (unpaired) electrons. The Kier molecular flexibility index (Phi) is 6.20. The maximum Gasteiger partial charge on any atom is 0.258 e. The van der Waals surface area contributed by atoms with E-state index in [-0.39, 0.29) is 16.3 Å². The van der Waals surface area contributed by atoms with E-state index in [1.54, 1.807) is 35.9 Å². The van der Waals surface area contributed by atoms with Crippen LogP contribution in [-0.2, 0) is 13.6 Å². The van der Waals surface area contributed by atoms with E-state index in [2.05, 4.69) is 20.7 Å². The Bertz CT molecular complexity index is 1080. The van der Waals surface area contributed by atoms with Gasteiger partial charge >= 0.3 is 0 Å². The van der Waals surface area contributed by atoms with Crippen LogP contribution in [0, 0.1) is 12.3 Å². The topological polar surface area (TPSA) is 95.7 Å². The number of pyridine rings is 1. The molecule has 0 aliphatic carbocycles. The van der Waals surface area contributed by atoms with Gasteiger partial charge in [0.2, 0.25) is 0 Å². The van der Waals surface area contributed by atoms with Gasteiger partial charge in [0.05, 0.1) is 34.1 Å². The second-order valence-corrected chi connectivity index (χ2v) is 7.36. The maximum atomic E-state index is 12.7. The van der Waals surface area contributed by atoms with Crippen molar-refractivity contribution in [1.82, 2.24) is 14.8 Å². The minimum absolute atomic E-state index is 0.169. The number of rotatable bonds is 6. The van der Waals surface area contributed by atoms with E-state index >= 15 is 0 Å². The van der Waals surface area contributed by atoms with E-state index in [0.29, 0.717) is 28.6 Å². The lowest BCUT2D eigenvalue weighted by Crippen LogP contribution is -2.16. The normalized spacial score (nSPS) is 10.7. The fourth-order valence-corrected chi connectivity index (χ4v) is 3.35. The van der Waals surface area contributed by atoms with Gasteiger partial charge in [0, 0.05) is 29.7 Å². The van der Waals surface area contributed by atoms with Crippen LogP contribution in [0.25, 0.3) is 0 Å². The van der Waals surface area contributed by atoms with E-state index in [1.807, 2.05) is 20.0 Å². The molecule has 9 heteroatoms. The first kappa shape index (κ1) is 20.8. The summed E-state index contributed by atoms with van der Waals surface area (Å²) in [5.41, 5.74) is 3.22. The number of nitrogens with one attached hydrogen (secondary N) is 3. The molecule has 7 nitrogen and oxygen atoms in total. The number of hydrogen-bond acceptors (Lipinski definition) is 5. The smallest absolute Gasteiger partial charge is 0.258 e. The second-order valence-electron chi connectivity index (χ2n) is 6.55. The SMILES string of the molecule is CC(=N)c1c(NCc2cc(C)nn2C)ncc(C(=O)Nc2ccc(Cl)cc2)c1Cl. The number of halogens is 2. The number of carbonyl (C=O) groups is 1. The van der Waals surface area contributed by atoms with Crippen LogP contribution in [0.1, 0.15) is 34.2 Å². The Balaban J connectivity index is 1.85. The van der Waals surface area contributed by atoms with Crippen molar-refractivity contribution in [1.29, 1.82) is 5.41 Å². The predicted octanol–water partition coefficient (Wildman–Crippen LogP) is 4.68. The molecule has 0 saturated carbocycles. The van der Waals surface area contributed by atoms with Crippen molar-refractivity contribution >= 4 is 46.3 Å². The Labute approximate surface area is 178 Å². The number of amides is 1. The number of hydrogen-bond donors (Lipinski definition) is 3. The Morgan fingerprint density at radius 2 is 1.93 bits per heavy atom. The van der Waals surface area contributed by atoms with E-state index in [4.69, 9.17) is 28.6 Å². The van der Waals surface area contributed by atoms with Crippen molar-refractivity contribution in [2.24, 2.45) is 7.05 Å². The van der Waals surface area contributed by atoms with Gasteiger partial charge in [-0.3, -0.25) is 9.48 Å². The van der Waals surface area contributed by atoms with Crippen molar-refractivity contribution in [3.63, 3.8) is 0 Å². The molecule has 3 N–H and O–H groups in total. The fraction of sp³-hybridized carbons (Fsp3) is 0.200. The van der Waals surface area contributed by atoms with Gasteiger partial charge in [0.25, 0.3) is 5.91 Å². The van der Waals surface area contributed by atoms with Crippen LogP contribution in [-0.4, -0.2) is 26.4 Å². The van der Waals surface area contributed by atoms with Gasteiger partial charge in [-0.15, -0.1) is 0 Å². The number of carbonyl (C=O) groups excluding carboxylic acids is 1. The maximum absolute atomic E-state index is 12.7. The van der Waals surface area contributed by atoms with E-state index < -0.39 is 5.91 Å². The first-order chi connectivity index (χ1) is 13.8. The highest BCUT2D eigenvalue weighted by Gasteiger charge is 2.20. The summed E-state index contributed by atoms with van der Waals surface area (Å²) in [5.74, 6) is 0.0190. The van der Waals surface area contributed by atoms with Crippen LogP contribution < -0.4 is 10.6 Å². The predicted molar refractivity (Wildman–Crippen MR) is 116 cm³/mol. The molecule has 0 aliphatic rings. The molecule has 0 fully saturated rings. The lowest BCUT2D eigenvalue weighted by molar-refractivity contribution is 0.102. The summed E-state index contributed by atoms with van der Waals surface area (Å²) < 4.78 is 1.77. The van der Waals surface area contributed by atoms with Gasteiger partial charge in [-0.2, -0.15) is 5.10 Å². The number of anilines is 2. The van der Waals surface area contributed by atoms with Crippen molar-refractivity contribution in [2.45, 2.75) is 20.4 Å². The molecule has 0 aliphatic heterocycles. The lowest BCUT2D eigenvalue weighted by atomic mass is 10.1. The Morgan fingerprint density at radius 3 is 2.52 bits per heavy atom. The van der Waals surface area contributed by atoms with E-state index in [9.17, 15) is 4.79 Å². The molecule has 0 unspecified atom stereocenters. The number of nitrogens with zero attached hydrogens (tertiary/aromatic N) is 3. The van der Waals surface area contributed by atoms with Gasteiger partial charge in [-0.25, -0.2) is 4.98 Å². The fourth-order valence-electron chi connectivity index (χ4n) is 2.86. The highest BCUT2D eigenvalue weighted by atomic mass is 35.5. The third-order valence-electron chi connectivity index (χ3n) is 4.27. The number of benzene rings is 1. The zero-order valence-electron chi connectivity index (χ0n) is 16.2. The van der Waals surface area contributed by atoms with Crippen LogP contribution in [0.15, 0.2) is 36.5 Å². The molecule has 2 aromatic heterocycles. The summed E-state index contributed by atoms with van der Waals surface area (Å²) in [6, 6.07) is 8.69. The molecule has 0 saturated heterocycles. The van der Waals surface area contributed by atoms with Crippen LogP contribution >= 0.6 is 23.2 Å². The highest BCUT2D eigenvalue weighted by Crippen LogP contribution is 2.28. The third kappa shape index (κ3) is 4.75. The summed E-state index contributed by atoms with van der Waals surface area (Å²) in [5, 5.41) is 19.1. The Hall–Kier alpha value is -2.90. The summed E-state index contributed by atoms with van der Waals surface area (Å²) in [4.78, 5) is 17.0. The summed E-state index contributed by atoms with van der Waals surface area (Å²) in [7, 11) is 1.86. The van der Waals surface area contributed by atoms with Crippen LogP contribution in [0.3, 0.4) is 0 Å². The van der Waals surface area contributed by atoms with E-state index in [1.165, 1.54) is 6.20 Å². The summed E-state index contributed by atoms with van der Waals surface area (Å²) in [6.07, 6.45) is 1.40. The summed E-state index contributed by atoms with van der Waals surface area (Å²) >= 11 is 12.4. The van der Waals surface area contributed by atoms with Gasteiger partial charge in [-0.1, -0.05) is 23.2 Å². The minimum Gasteiger partial charge on any atom is -0.364 e. The standard InChI is InChI=1S/C20H20Cl2N6O/c1-11-8-15(28(3)27-11)9-24-19-17(12(2)23)18(22)16(10-25-19)20(29)26-14-6-4-13(21)5-7-14/h4-8,10,23H,9H2,1-3H3,(H,24,25)(H,26,29). The molecule has 0 atom stereocenters. The van der Waals surface area contributed by atoms with Crippen molar-refractivity contribution in [3.05, 3.63) is 69.1 Å². The average Bonchev–Trinajstić information content (AvgIpc) is 2.98. The van der Waals surface area contributed by atoms with Crippen molar-refractivity contribution in [2.75, 3.05) is 10.6 Å². The van der Waals surface area contributed by atoms with Crippen LogP contribution in [0.5, 0.6) is 0 Å².